The summed E-state index contributed by atoms with van der Waals surface area (Å²) >= 11 is 0. The lowest BCUT2D eigenvalue weighted by atomic mass is 10.2. The highest BCUT2D eigenvalue weighted by Gasteiger charge is 2.11. The van der Waals surface area contributed by atoms with Gasteiger partial charge in [0.15, 0.2) is 16.9 Å². The Kier molecular flexibility index (Phi) is 1.96. The van der Waals surface area contributed by atoms with Gasteiger partial charge in [-0.2, -0.15) is 0 Å². The molecule has 0 spiro atoms. The number of hydrogen-bond donors (Lipinski definition) is 0. The van der Waals surface area contributed by atoms with E-state index in [1.165, 1.54) is 12.1 Å². The summed E-state index contributed by atoms with van der Waals surface area (Å²) in [4.78, 5) is 15.6. The molecule has 0 N–H and O–H groups in total. The van der Waals surface area contributed by atoms with Crippen LogP contribution >= 0.6 is 0 Å². The third-order valence-corrected chi connectivity index (χ3v) is 2.46. The van der Waals surface area contributed by atoms with Crippen LogP contribution in [0.25, 0.3) is 23.6 Å². The van der Waals surface area contributed by atoms with E-state index in [4.69, 9.17) is 4.42 Å². The quantitative estimate of drug-likeness (QED) is 0.672. The Morgan fingerprint density at radius 2 is 2.06 bits per heavy atom. The number of benzene rings is 1. The molecular formula is C13H9NO2. The molecule has 3 nitrogen and oxygen atoms in total. The molecule has 0 amide bonds. The zero-order chi connectivity index (χ0) is 11.0. The van der Waals surface area contributed by atoms with Crippen LogP contribution in [0.5, 0.6) is 0 Å². The van der Waals surface area contributed by atoms with Gasteiger partial charge in [-0.1, -0.05) is 12.2 Å². The van der Waals surface area contributed by atoms with Crippen LogP contribution in [0.1, 0.15) is 17.9 Å². The molecule has 0 radical (unpaired) electrons. The van der Waals surface area contributed by atoms with Crippen molar-refractivity contribution in [3.8, 4) is 11.5 Å². The molecule has 16 heavy (non-hydrogen) atoms. The number of allylic oxidation sites excluding steroid dienone is 2. The van der Waals surface area contributed by atoms with Crippen molar-refractivity contribution >= 4 is 12.2 Å². The first-order valence-corrected chi connectivity index (χ1v) is 5.11. The number of hydrogen-bond acceptors (Lipinski definition) is 3. The van der Waals surface area contributed by atoms with Crippen LogP contribution in [-0.2, 0) is 0 Å². The van der Waals surface area contributed by atoms with Crippen molar-refractivity contribution in [2.45, 2.75) is 6.42 Å². The van der Waals surface area contributed by atoms with Gasteiger partial charge in [0.25, 0.3) is 0 Å². The minimum atomic E-state index is -0.0638. The van der Waals surface area contributed by atoms with E-state index in [1.807, 2.05) is 24.3 Å². The number of aromatic nitrogens is 1. The molecule has 0 aromatic carbocycles. The minimum absolute atomic E-state index is 0.0638. The second kappa shape index (κ2) is 3.45. The largest absolute Gasteiger partial charge is 0.453 e. The van der Waals surface area contributed by atoms with Gasteiger partial charge in [0.05, 0.1) is 0 Å². The van der Waals surface area contributed by atoms with E-state index in [0.29, 0.717) is 17.2 Å². The Morgan fingerprint density at radius 3 is 3.00 bits per heavy atom. The van der Waals surface area contributed by atoms with E-state index in [0.717, 1.165) is 12.1 Å². The van der Waals surface area contributed by atoms with Crippen molar-refractivity contribution in [1.82, 2.24) is 4.98 Å². The fourth-order valence-electron chi connectivity index (χ4n) is 1.70. The lowest BCUT2D eigenvalue weighted by Gasteiger charge is -2.06. The van der Waals surface area contributed by atoms with Crippen molar-refractivity contribution in [3.05, 3.63) is 52.0 Å². The van der Waals surface area contributed by atoms with Crippen LogP contribution in [0.4, 0.5) is 0 Å². The molecule has 0 saturated heterocycles. The first kappa shape index (κ1) is 9.09. The molecular weight excluding hydrogens is 202 g/mol. The number of rotatable bonds is 0. The monoisotopic (exact) mass is 211 g/mol. The summed E-state index contributed by atoms with van der Waals surface area (Å²) in [5, 5.41) is 0. The Morgan fingerprint density at radius 1 is 1.19 bits per heavy atom. The van der Waals surface area contributed by atoms with Gasteiger partial charge >= 0.3 is 0 Å². The molecule has 78 valence electrons. The van der Waals surface area contributed by atoms with E-state index in [1.54, 1.807) is 6.07 Å². The van der Waals surface area contributed by atoms with Gasteiger partial charge in [-0.25, -0.2) is 4.98 Å². The van der Waals surface area contributed by atoms with Crippen molar-refractivity contribution in [2.24, 2.45) is 0 Å². The first-order chi connectivity index (χ1) is 7.83. The zero-order valence-electron chi connectivity index (χ0n) is 8.51. The highest BCUT2D eigenvalue weighted by Crippen LogP contribution is 2.24. The van der Waals surface area contributed by atoms with Crippen molar-refractivity contribution < 1.29 is 4.42 Å². The molecule has 0 saturated carbocycles. The summed E-state index contributed by atoms with van der Waals surface area (Å²) < 4.78 is 5.64. The van der Waals surface area contributed by atoms with Gasteiger partial charge in [-0.15, -0.1) is 0 Å². The third kappa shape index (κ3) is 1.46. The van der Waals surface area contributed by atoms with Gasteiger partial charge in [0, 0.05) is 6.07 Å². The van der Waals surface area contributed by atoms with E-state index in [-0.39, 0.29) is 5.43 Å². The number of fused-ring (bicyclic) bond motifs is 2. The fourth-order valence-corrected chi connectivity index (χ4v) is 1.70. The summed E-state index contributed by atoms with van der Waals surface area (Å²) in [6.45, 7) is 0. The third-order valence-electron chi connectivity index (χ3n) is 2.46. The van der Waals surface area contributed by atoms with Gasteiger partial charge in [-0.05, 0) is 30.7 Å². The molecule has 0 fully saturated rings. The van der Waals surface area contributed by atoms with Gasteiger partial charge in [-0.3, -0.25) is 4.79 Å². The number of nitrogens with zero attached hydrogens (tertiary/aromatic N) is 1. The molecule has 1 heterocycles. The van der Waals surface area contributed by atoms with Crippen molar-refractivity contribution in [1.29, 1.82) is 0 Å². The lowest BCUT2D eigenvalue weighted by Crippen LogP contribution is -2.01. The normalized spacial score (nSPS) is 13.8. The average Bonchev–Trinajstić information content (AvgIpc) is 2.50. The molecule has 3 aliphatic rings. The van der Waals surface area contributed by atoms with Crippen LogP contribution in [0.3, 0.4) is 0 Å². The van der Waals surface area contributed by atoms with E-state index >= 15 is 0 Å². The summed E-state index contributed by atoms with van der Waals surface area (Å²) in [7, 11) is 0. The molecule has 2 aliphatic carbocycles. The summed E-state index contributed by atoms with van der Waals surface area (Å²) in [6, 6.07) is 4.64. The highest BCUT2D eigenvalue weighted by molar-refractivity contribution is 5.65. The van der Waals surface area contributed by atoms with Crippen molar-refractivity contribution in [3.63, 3.8) is 0 Å². The average molecular weight is 211 g/mol. The van der Waals surface area contributed by atoms with Crippen molar-refractivity contribution in [2.75, 3.05) is 0 Å². The summed E-state index contributed by atoms with van der Waals surface area (Å²) in [5.74, 6) is 1.23. The second-order valence-corrected chi connectivity index (χ2v) is 3.63. The van der Waals surface area contributed by atoms with Crippen LogP contribution in [0.2, 0.25) is 0 Å². The molecule has 1 aliphatic heterocycles. The Balaban J connectivity index is 2.34. The Labute approximate surface area is 92.1 Å². The maximum atomic E-state index is 11.2. The topological polar surface area (TPSA) is 43.1 Å². The fraction of sp³-hybridized carbons (Fsp3) is 0.0769. The standard InChI is InChI=1S/C13H9NO2/c15-9-6-7-11-13(8-9)16-12-5-3-1-2-4-10(12)14-11/h2-8H,1H2. The molecule has 0 unspecified atom stereocenters. The minimum Gasteiger partial charge on any atom is -0.453 e. The van der Waals surface area contributed by atoms with E-state index < -0.39 is 0 Å². The second-order valence-electron chi connectivity index (χ2n) is 3.63. The lowest BCUT2D eigenvalue weighted by molar-refractivity contribution is 0.543. The predicted octanol–water partition coefficient (Wildman–Crippen LogP) is 2.57. The van der Waals surface area contributed by atoms with Gasteiger partial charge in [0.1, 0.15) is 11.4 Å². The molecule has 0 bridgehead atoms. The zero-order valence-corrected chi connectivity index (χ0v) is 8.51. The van der Waals surface area contributed by atoms with Gasteiger partial charge in [0.2, 0.25) is 0 Å². The Bertz CT molecular complexity index is 622. The van der Waals surface area contributed by atoms with Gasteiger partial charge < -0.3 is 4.42 Å². The van der Waals surface area contributed by atoms with Crippen LogP contribution in [0.15, 0.2) is 39.6 Å². The van der Waals surface area contributed by atoms with E-state index in [2.05, 4.69) is 4.98 Å². The SMILES string of the molecule is O=c1ccc2nc3c(oc-2c1)C=CCC=C3. The molecule has 0 aromatic heterocycles. The maximum Gasteiger partial charge on any atom is 0.182 e. The van der Waals surface area contributed by atoms with Crippen LogP contribution in [0, 0.1) is 0 Å². The predicted molar refractivity (Wildman–Crippen MR) is 62.1 cm³/mol. The molecule has 0 atom stereocenters. The molecule has 3 heteroatoms. The maximum absolute atomic E-state index is 11.2. The first-order valence-electron chi connectivity index (χ1n) is 5.11. The summed E-state index contributed by atoms with van der Waals surface area (Å²) in [5.41, 5.74) is 1.45. The van der Waals surface area contributed by atoms with E-state index in [9.17, 15) is 4.79 Å². The van der Waals surface area contributed by atoms with Crippen LogP contribution < -0.4 is 5.43 Å². The van der Waals surface area contributed by atoms with Crippen LogP contribution in [-0.4, -0.2) is 4.98 Å². The highest BCUT2D eigenvalue weighted by atomic mass is 16.3. The smallest absolute Gasteiger partial charge is 0.182 e. The summed E-state index contributed by atoms with van der Waals surface area (Å²) in [6.07, 6.45) is 8.72. The molecule has 0 aromatic rings. The molecule has 3 rings (SSSR count). The Hall–Kier alpha value is -2.16.